The van der Waals surface area contributed by atoms with E-state index in [0.29, 0.717) is 13.1 Å². The minimum atomic E-state index is 0.546. The number of hydrogen-bond donors (Lipinski definition) is 1. The number of aromatic nitrogens is 5. The average molecular weight is 256 g/mol. The Balaban J connectivity index is 2.10. The van der Waals surface area contributed by atoms with Gasteiger partial charge < -0.3 is 10.3 Å². The van der Waals surface area contributed by atoms with E-state index in [9.17, 15) is 0 Å². The third kappa shape index (κ3) is 2.00. The Morgan fingerprint density at radius 3 is 2.95 bits per heavy atom. The summed E-state index contributed by atoms with van der Waals surface area (Å²) in [4.78, 5) is 4.63. The Morgan fingerprint density at radius 2 is 2.16 bits per heavy atom. The summed E-state index contributed by atoms with van der Waals surface area (Å²) in [5, 5.41) is 8.20. The van der Waals surface area contributed by atoms with E-state index in [2.05, 4.69) is 40.4 Å². The number of rotatable bonds is 3. The van der Waals surface area contributed by atoms with Gasteiger partial charge in [0, 0.05) is 13.6 Å². The predicted octanol–water partition coefficient (Wildman–Crippen LogP) is 1.10. The van der Waals surface area contributed by atoms with Gasteiger partial charge in [0.25, 0.3) is 0 Å². The van der Waals surface area contributed by atoms with Gasteiger partial charge in [-0.25, -0.2) is 4.98 Å². The Hall–Kier alpha value is -2.21. The molecule has 2 heterocycles. The van der Waals surface area contributed by atoms with Crippen LogP contribution < -0.4 is 5.73 Å². The Labute approximate surface area is 110 Å². The molecule has 1 aromatic carbocycles. The lowest BCUT2D eigenvalue weighted by molar-refractivity contribution is 0.598. The first-order chi connectivity index (χ1) is 9.19. The highest BCUT2D eigenvalue weighted by Gasteiger charge is 2.13. The summed E-state index contributed by atoms with van der Waals surface area (Å²) in [7, 11) is 1.99. The van der Waals surface area contributed by atoms with Crippen LogP contribution in [-0.4, -0.2) is 31.1 Å². The number of nitrogens with two attached hydrogens (primary N) is 1. The molecule has 0 spiro atoms. The molecule has 2 N–H and O–H groups in total. The van der Waals surface area contributed by atoms with Gasteiger partial charge in [0.2, 0.25) is 0 Å². The molecule has 0 amide bonds. The van der Waals surface area contributed by atoms with Gasteiger partial charge in [0.1, 0.15) is 5.69 Å². The van der Waals surface area contributed by atoms with Gasteiger partial charge in [-0.1, -0.05) is 11.3 Å². The molecule has 2 aromatic heterocycles. The number of fused-ring (bicyclic) bond motifs is 1. The van der Waals surface area contributed by atoms with Crippen LogP contribution >= 0.6 is 0 Å². The van der Waals surface area contributed by atoms with Gasteiger partial charge in [-0.3, -0.25) is 4.68 Å². The maximum atomic E-state index is 5.51. The van der Waals surface area contributed by atoms with E-state index in [1.165, 1.54) is 5.56 Å². The average Bonchev–Trinajstić information content (AvgIpc) is 2.95. The van der Waals surface area contributed by atoms with Crippen molar-refractivity contribution in [3.8, 4) is 11.5 Å². The van der Waals surface area contributed by atoms with E-state index in [0.717, 1.165) is 22.6 Å². The summed E-state index contributed by atoms with van der Waals surface area (Å²) in [6, 6.07) is 6.23. The molecule has 0 unspecified atom stereocenters. The Morgan fingerprint density at radius 1 is 1.32 bits per heavy atom. The molecule has 0 aliphatic rings. The van der Waals surface area contributed by atoms with Crippen molar-refractivity contribution in [1.82, 2.24) is 24.5 Å². The molecule has 0 fully saturated rings. The fourth-order valence-corrected chi connectivity index (χ4v) is 2.18. The van der Waals surface area contributed by atoms with E-state index >= 15 is 0 Å². The summed E-state index contributed by atoms with van der Waals surface area (Å²) in [5.74, 6) is 0.823. The smallest absolute Gasteiger partial charge is 0.163 e. The lowest BCUT2D eigenvalue weighted by atomic mass is 10.2. The molecule has 0 saturated carbocycles. The summed E-state index contributed by atoms with van der Waals surface area (Å²) < 4.78 is 3.77. The Bertz CT molecular complexity index is 724. The summed E-state index contributed by atoms with van der Waals surface area (Å²) in [6.45, 7) is 3.27. The van der Waals surface area contributed by atoms with Crippen molar-refractivity contribution in [2.45, 2.75) is 13.5 Å². The molecule has 0 bridgehead atoms. The zero-order valence-electron chi connectivity index (χ0n) is 11.0. The molecular formula is C13H16N6. The molecule has 0 atom stereocenters. The predicted molar refractivity (Wildman–Crippen MR) is 73.5 cm³/mol. The molecule has 19 heavy (non-hydrogen) atoms. The maximum absolute atomic E-state index is 5.51. The second-order valence-electron chi connectivity index (χ2n) is 4.64. The number of hydrogen-bond acceptors (Lipinski definition) is 4. The quantitative estimate of drug-likeness (QED) is 0.761. The fourth-order valence-electron chi connectivity index (χ4n) is 2.18. The van der Waals surface area contributed by atoms with E-state index in [1.54, 1.807) is 4.68 Å². The highest BCUT2D eigenvalue weighted by atomic mass is 15.4. The van der Waals surface area contributed by atoms with Crippen molar-refractivity contribution in [3.63, 3.8) is 0 Å². The molecule has 6 heteroatoms. The number of nitrogens with zero attached hydrogens (tertiary/aromatic N) is 5. The third-order valence-corrected chi connectivity index (χ3v) is 3.16. The van der Waals surface area contributed by atoms with Crippen molar-refractivity contribution in [1.29, 1.82) is 0 Å². The number of benzene rings is 1. The molecule has 3 aromatic rings. The molecule has 98 valence electrons. The minimum Gasteiger partial charge on any atom is -0.329 e. The zero-order chi connectivity index (χ0) is 13.4. The number of aryl methyl sites for hydroxylation is 2. The van der Waals surface area contributed by atoms with Gasteiger partial charge in [-0.05, 0) is 24.6 Å². The van der Waals surface area contributed by atoms with Crippen LogP contribution in [-0.2, 0) is 13.6 Å². The highest BCUT2D eigenvalue weighted by molar-refractivity contribution is 5.80. The molecule has 0 aliphatic heterocycles. The van der Waals surface area contributed by atoms with Crippen molar-refractivity contribution < 1.29 is 0 Å². The van der Waals surface area contributed by atoms with Crippen LogP contribution in [0.3, 0.4) is 0 Å². The molecule has 0 aliphatic carbocycles. The van der Waals surface area contributed by atoms with Crippen molar-refractivity contribution in [2.75, 3.05) is 6.54 Å². The first-order valence-electron chi connectivity index (χ1n) is 6.22. The molecule has 0 saturated heterocycles. The van der Waals surface area contributed by atoms with Crippen LogP contribution in [0.1, 0.15) is 5.56 Å². The zero-order valence-corrected chi connectivity index (χ0v) is 11.0. The van der Waals surface area contributed by atoms with Crippen molar-refractivity contribution in [2.24, 2.45) is 12.8 Å². The summed E-state index contributed by atoms with van der Waals surface area (Å²) in [6.07, 6.45) is 1.88. The van der Waals surface area contributed by atoms with Crippen LogP contribution in [0.5, 0.6) is 0 Å². The normalized spacial score (nSPS) is 11.3. The molecular weight excluding hydrogens is 240 g/mol. The fraction of sp³-hybridized carbons (Fsp3) is 0.308. The molecule has 0 radical (unpaired) electrons. The van der Waals surface area contributed by atoms with E-state index in [-0.39, 0.29) is 0 Å². The van der Waals surface area contributed by atoms with Crippen LogP contribution in [0.25, 0.3) is 22.6 Å². The van der Waals surface area contributed by atoms with Crippen LogP contribution in [0, 0.1) is 6.92 Å². The highest BCUT2D eigenvalue weighted by Crippen LogP contribution is 2.22. The second kappa shape index (κ2) is 4.47. The number of imidazole rings is 1. The SMILES string of the molecule is Cc1ccc2c(c1)nc(-c1cn(CCN)nn1)n2C. The lowest BCUT2D eigenvalue weighted by Gasteiger charge is -1.98. The largest absolute Gasteiger partial charge is 0.329 e. The van der Waals surface area contributed by atoms with Crippen molar-refractivity contribution >= 4 is 11.0 Å². The maximum Gasteiger partial charge on any atom is 0.163 e. The summed E-state index contributed by atoms with van der Waals surface area (Å²) in [5.41, 5.74) is 9.54. The second-order valence-corrected chi connectivity index (χ2v) is 4.64. The molecule has 6 nitrogen and oxygen atoms in total. The van der Waals surface area contributed by atoms with E-state index in [4.69, 9.17) is 5.73 Å². The first-order valence-corrected chi connectivity index (χ1v) is 6.22. The van der Waals surface area contributed by atoms with Gasteiger partial charge >= 0.3 is 0 Å². The molecule has 3 rings (SSSR count). The van der Waals surface area contributed by atoms with Crippen LogP contribution in [0.15, 0.2) is 24.4 Å². The van der Waals surface area contributed by atoms with E-state index in [1.807, 2.05) is 17.8 Å². The van der Waals surface area contributed by atoms with Crippen LogP contribution in [0.2, 0.25) is 0 Å². The minimum absolute atomic E-state index is 0.546. The van der Waals surface area contributed by atoms with Gasteiger partial charge in [-0.15, -0.1) is 5.10 Å². The lowest BCUT2D eigenvalue weighted by Crippen LogP contribution is -2.10. The topological polar surface area (TPSA) is 74.6 Å². The standard InChI is InChI=1S/C13H16N6/c1-9-3-4-12-10(7-9)15-13(18(12)2)11-8-19(6-5-14)17-16-11/h3-4,7-8H,5-6,14H2,1-2H3. The van der Waals surface area contributed by atoms with Gasteiger partial charge in [0.05, 0.1) is 23.8 Å². The van der Waals surface area contributed by atoms with Gasteiger partial charge in [0.15, 0.2) is 5.82 Å². The van der Waals surface area contributed by atoms with Crippen molar-refractivity contribution in [3.05, 3.63) is 30.0 Å². The van der Waals surface area contributed by atoms with Gasteiger partial charge in [-0.2, -0.15) is 0 Å². The monoisotopic (exact) mass is 256 g/mol. The Kier molecular flexibility index (Phi) is 2.79. The van der Waals surface area contributed by atoms with E-state index < -0.39 is 0 Å². The third-order valence-electron chi connectivity index (χ3n) is 3.16. The summed E-state index contributed by atoms with van der Waals surface area (Å²) >= 11 is 0. The van der Waals surface area contributed by atoms with Crippen LogP contribution in [0.4, 0.5) is 0 Å². The first kappa shape index (κ1) is 11.9.